The summed E-state index contributed by atoms with van der Waals surface area (Å²) in [7, 11) is 0. The van der Waals surface area contributed by atoms with Crippen LogP contribution in [0, 0.1) is 0 Å². The lowest BCUT2D eigenvalue weighted by molar-refractivity contribution is -0.167. The summed E-state index contributed by atoms with van der Waals surface area (Å²) in [5.41, 5.74) is 0. The lowest BCUT2D eigenvalue weighted by Crippen LogP contribution is -2.30. The van der Waals surface area contributed by atoms with Crippen molar-refractivity contribution in [1.82, 2.24) is 0 Å². The van der Waals surface area contributed by atoms with E-state index in [1.165, 1.54) is 135 Å². The summed E-state index contributed by atoms with van der Waals surface area (Å²) in [4.78, 5) is 37.9. The Morgan fingerprint density at radius 2 is 0.520 bits per heavy atom. The van der Waals surface area contributed by atoms with Crippen LogP contribution >= 0.6 is 0 Å². The molecule has 0 fully saturated rings. The summed E-state index contributed by atoms with van der Waals surface area (Å²) in [6.07, 6.45) is 84.7. The first-order chi connectivity index (χ1) is 37.0. The number of allylic oxidation sites excluding steroid dienone is 16. The molecule has 0 aromatic rings. The van der Waals surface area contributed by atoms with Crippen LogP contribution in [0.25, 0.3) is 0 Å². The van der Waals surface area contributed by atoms with E-state index >= 15 is 0 Å². The van der Waals surface area contributed by atoms with E-state index in [0.29, 0.717) is 19.3 Å². The maximum Gasteiger partial charge on any atom is 0.306 e. The van der Waals surface area contributed by atoms with Gasteiger partial charge in [-0.3, -0.25) is 14.4 Å². The molecule has 6 heteroatoms. The highest BCUT2D eigenvalue weighted by Crippen LogP contribution is 2.16. The highest BCUT2D eigenvalue weighted by Gasteiger charge is 2.19. The first-order valence-electron chi connectivity index (χ1n) is 31.7. The summed E-state index contributed by atoms with van der Waals surface area (Å²) in [6.45, 7) is 6.43. The second kappa shape index (κ2) is 62.9. The third-order valence-electron chi connectivity index (χ3n) is 13.6. The van der Waals surface area contributed by atoms with Crippen molar-refractivity contribution < 1.29 is 28.6 Å². The minimum Gasteiger partial charge on any atom is -0.462 e. The van der Waals surface area contributed by atoms with Crippen molar-refractivity contribution in [3.63, 3.8) is 0 Å². The van der Waals surface area contributed by atoms with Gasteiger partial charge in [-0.15, -0.1) is 0 Å². The Morgan fingerprint density at radius 3 is 0.813 bits per heavy atom. The number of hydrogen-bond acceptors (Lipinski definition) is 6. The Bertz CT molecular complexity index is 1480. The molecule has 0 aromatic carbocycles. The Labute approximate surface area is 464 Å². The number of unbranched alkanes of at least 4 members (excludes halogenated alkanes) is 30. The number of ether oxygens (including phenoxy) is 3. The lowest BCUT2D eigenvalue weighted by Gasteiger charge is -2.18. The van der Waals surface area contributed by atoms with E-state index in [-0.39, 0.29) is 31.1 Å². The third kappa shape index (κ3) is 61.1. The smallest absolute Gasteiger partial charge is 0.306 e. The van der Waals surface area contributed by atoms with E-state index in [4.69, 9.17) is 14.2 Å². The van der Waals surface area contributed by atoms with Gasteiger partial charge in [-0.05, 0) is 103 Å². The van der Waals surface area contributed by atoms with Gasteiger partial charge in [0.15, 0.2) is 6.10 Å². The minimum absolute atomic E-state index is 0.0843. The summed E-state index contributed by atoms with van der Waals surface area (Å²) in [5, 5.41) is 0. The molecular weight excluding hydrogens is 925 g/mol. The predicted molar refractivity (Wildman–Crippen MR) is 325 cm³/mol. The molecule has 0 amide bonds. The minimum atomic E-state index is -0.785. The van der Waals surface area contributed by atoms with E-state index in [1.807, 2.05) is 0 Å². The Balaban J connectivity index is 4.03. The SMILES string of the molecule is CC/C=C\C/C=C\C/C=C\C/C=C\C/C=C\CCCCCCCC(=O)OC(COC(=O)CCCCCCC)COC(=O)CCCCCCCCCCCCCCCCCC/C=C\C/C=C\C/C=C\CCCCCCC. The van der Waals surface area contributed by atoms with Crippen LogP contribution in [-0.4, -0.2) is 37.2 Å². The monoisotopic (exact) mass is 1040 g/mol. The molecule has 0 radical (unpaired) electrons. The molecule has 75 heavy (non-hydrogen) atoms. The highest BCUT2D eigenvalue weighted by molar-refractivity contribution is 5.71. The van der Waals surface area contributed by atoms with Crippen molar-refractivity contribution in [1.29, 1.82) is 0 Å². The van der Waals surface area contributed by atoms with Crippen LogP contribution in [0.2, 0.25) is 0 Å². The number of carbonyl (C=O) groups excluding carboxylic acids is 3. The average Bonchev–Trinajstić information content (AvgIpc) is 3.41. The zero-order valence-electron chi connectivity index (χ0n) is 49.3. The zero-order chi connectivity index (χ0) is 54.3. The van der Waals surface area contributed by atoms with Gasteiger partial charge in [-0.1, -0.05) is 279 Å². The summed E-state index contributed by atoms with van der Waals surface area (Å²) >= 11 is 0. The quantitative estimate of drug-likeness (QED) is 0.0261. The fraction of sp³-hybridized carbons (Fsp3) is 0.725. The van der Waals surface area contributed by atoms with E-state index in [9.17, 15) is 14.4 Å². The Kier molecular flexibility index (Phi) is 59.8. The van der Waals surface area contributed by atoms with Gasteiger partial charge < -0.3 is 14.2 Å². The summed E-state index contributed by atoms with van der Waals surface area (Å²) in [6, 6.07) is 0. The van der Waals surface area contributed by atoms with Gasteiger partial charge >= 0.3 is 17.9 Å². The number of carbonyl (C=O) groups is 3. The molecule has 0 aliphatic rings. The molecule has 1 unspecified atom stereocenters. The first kappa shape index (κ1) is 71.3. The van der Waals surface area contributed by atoms with Crippen LogP contribution in [-0.2, 0) is 28.6 Å². The fourth-order valence-electron chi connectivity index (χ4n) is 8.83. The van der Waals surface area contributed by atoms with E-state index in [0.717, 1.165) is 128 Å². The molecule has 0 aromatic heterocycles. The number of rotatable bonds is 57. The number of esters is 3. The van der Waals surface area contributed by atoms with E-state index in [1.54, 1.807) is 0 Å². The molecule has 6 nitrogen and oxygen atoms in total. The molecule has 0 bridgehead atoms. The van der Waals surface area contributed by atoms with Crippen LogP contribution in [0.1, 0.15) is 303 Å². The Hall–Kier alpha value is -3.67. The normalized spacial score (nSPS) is 12.7. The van der Waals surface area contributed by atoms with E-state index in [2.05, 4.69) is 118 Å². The van der Waals surface area contributed by atoms with Gasteiger partial charge in [0, 0.05) is 19.3 Å². The van der Waals surface area contributed by atoms with Crippen LogP contribution in [0.3, 0.4) is 0 Å². The molecule has 1 atom stereocenters. The first-order valence-corrected chi connectivity index (χ1v) is 31.7. The van der Waals surface area contributed by atoms with Gasteiger partial charge in [0.05, 0.1) is 0 Å². The van der Waals surface area contributed by atoms with E-state index < -0.39 is 6.10 Å². The van der Waals surface area contributed by atoms with Crippen molar-refractivity contribution >= 4 is 17.9 Å². The van der Waals surface area contributed by atoms with Crippen molar-refractivity contribution in [2.24, 2.45) is 0 Å². The molecule has 0 heterocycles. The number of hydrogen-bond donors (Lipinski definition) is 0. The molecule has 0 N–H and O–H groups in total. The topological polar surface area (TPSA) is 78.9 Å². The van der Waals surface area contributed by atoms with Gasteiger partial charge in [0.25, 0.3) is 0 Å². The molecule has 0 rings (SSSR count). The standard InChI is InChI=1S/C69H118O6/c1-4-7-10-13-15-17-19-21-23-25-27-29-30-31-32-33-34-35-36-37-38-40-41-43-45-47-49-51-53-56-59-62-68(71)74-65-66(64-73-67(70)61-58-55-12-9-6-3)75-69(72)63-60-57-54-52-50-48-46-44-42-39-28-26-24-22-20-18-16-14-11-8-5-2/h8,11,16,18-19,21-22,24-25,27-28,30-31,39,44,46,66H,4-7,9-10,12-15,17,20,23,26,29,32-38,40-43,45,47-65H2,1-3H3/b11-8-,18-16-,21-19-,24-22-,27-25-,31-30-,39-28-,46-44-. The van der Waals surface area contributed by atoms with Crippen molar-refractivity contribution in [3.8, 4) is 0 Å². The summed E-state index contributed by atoms with van der Waals surface area (Å²) in [5.74, 6) is -0.911. The van der Waals surface area contributed by atoms with Crippen LogP contribution in [0.4, 0.5) is 0 Å². The third-order valence-corrected chi connectivity index (χ3v) is 13.6. The molecular formula is C69H118O6. The molecule has 0 saturated carbocycles. The molecule has 0 aliphatic carbocycles. The maximum atomic E-state index is 12.8. The molecule has 0 aliphatic heterocycles. The second-order valence-electron chi connectivity index (χ2n) is 20.9. The predicted octanol–water partition coefficient (Wildman–Crippen LogP) is 21.7. The van der Waals surface area contributed by atoms with Crippen LogP contribution in [0.15, 0.2) is 97.2 Å². The second-order valence-corrected chi connectivity index (χ2v) is 20.9. The van der Waals surface area contributed by atoms with Gasteiger partial charge in [-0.25, -0.2) is 0 Å². The van der Waals surface area contributed by atoms with Crippen molar-refractivity contribution in [3.05, 3.63) is 97.2 Å². The van der Waals surface area contributed by atoms with Gasteiger partial charge in [-0.2, -0.15) is 0 Å². The molecule has 430 valence electrons. The summed E-state index contributed by atoms with van der Waals surface area (Å²) < 4.78 is 16.7. The van der Waals surface area contributed by atoms with Crippen LogP contribution in [0.5, 0.6) is 0 Å². The van der Waals surface area contributed by atoms with Crippen molar-refractivity contribution in [2.75, 3.05) is 13.2 Å². The molecule has 0 spiro atoms. The fourth-order valence-corrected chi connectivity index (χ4v) is 8.83. The largest absolute Gasteiger partial charge is 0.462 e. The van der Waals surface area contributed by atoms with Crippen LogP contribution < -0.4 is 0 Å². The van der Waals surface area contributed by atoms with Crippen molar-refractivity contribution in [2.45, 2.75) is 309 Å². The average molecular weight is 1040 g/mol. The molecule has 0 saturated heterocycles. The van der Waals surface area contributed by atoms with Gasteiger partial charge in [0.1, 0.15) is 13.2 Å². The zero-order valence-corrected chi connectivity index (χ0v) is 49.3. The van der Waals surface area contributed by atoms with Gasteiger partial charge in [0.2, 0.25) is 0 Å². The Morgan fingerprint density at radius 1 is 0.280 bits per heavy atom. The lowest BCUT2D eigenvalue weighted by atomic mass is 10.0. The maximum absolute atomic E-state index is 12.8. The highest BCUT2D eigenvalue weighted by atomic mass is 16.6.